The molecule has 2 atom stereocenters. The van der Waals surface area contributed by atoms with Crippen molar-refractivity contribution in [2.45, 2.75) is 58.7 Å². The number of alkyl halides is 3. The molecular formula is C17H24F3N. The maximum Gasteiger partial charge on any atom is 0.416 e. The Bertz CT molecular complexity index is 533. The maximum atomic E-state index is 12.8. The molecule has 0 radical (unpaired) electrons. The fraction of sp³-hybridized carbons (Fsp3) is 0.647. The lowest BCUT2D eigenvalue weighted by Gasteiger charge is -2.46. The Morgan fingerprint density at radius 1 is 1.19 bits per heavy atom. The number of rotatable bonds is 1. The number of nitrogens with two attached hydrogens (primary N) is 1. The Morgan fingerprint density at radius 3 is 2.29 bits per heavy atom. The van der Waals surface area contributed by atoms with Gasteiger partial charge in [-0.15, -0.1) is 0 Å². The van der Waals surface area contributed by atoms with Crippen molar-refractivity contribution in [2.75, 3.05) is 0 Å². The molecule has 1 fully saturated rings. The van der Waals surface area contributed by atoms with E-state index in [1.807, 2.05) is 0 Å². The summed E-state index contributed by atoms with van der Waals surface area (Å²) >= 11 is 0. The van der Waals surface area contributed by atoms with E-state index in [0.29, 0.717) is 11.5 Å². The summed E-state index contributed by atoms with van der Waals surface area (Å²) in [6, 6.07) is 3.95. The van der Waals surface area contributed by atoms with Crippen molar-refractivity contribution < 1.29 is 13.2 Å². The molecule has 0 amide bonds. The minimum Gasteiger partial charge on any atom is -0.321 e. The first-order chi connectivity index (χ1) is 9.43. The molecule has 0 heterocycles. The van der Waals surface area contributed by atoms with E-state index in [0.717, 1.165) is 30.9 Å². The van der Waals surface area contributed by atoms with Gasteiger partial charge in [-0.05, 0) is 60.8 Å². The van der Waals surface area contributed by atoms with Crippen molar-refractivity contribution in [1.29, 1.82) is 0 Å². The number of aryl methyl sites for hydroxylation is 1. The van der Waals surface area contributed by atoms with Gasteiger partial charge in [-0.25, -0.2) is 0 Å². The summed E-state index contributed by atoms with van der Waals surface area (Å²) in [7, 11) is 0. The smallest absolute Gasteiger partial charge is 0.321 e. The zero-order chi connectivity index (χ0) is 16.1. The van der Waals surface area contributed by atoms with Gasteiger partial charge in [0.2, 0.25) is 0 Å². The lowest BCUT2D eigenvalue weighted by molar-refractivity contribution is -0.137. The van der Waals surface area contributed by atoms with Crippen LogP contribution >= 0.6 is 0 Å². The Labute approximate surface area is 124 Å². The van der Waals surface area contributed by atoms with Crippen LogP contribution < -0.4 is 5.73 Å². The standard InChI is InChI=1S/C17H24F3N/c1-11-8-15(3,4)10-16(21,9-11)14-6-5-13(7-12(14)2)17(18,19)20/h5-7,11H,8-10,21H2,1-4H3. The molecule has 2 rings (SSSR count). The van der Waals surface area contributed by atoms with Crippen molar-refractivity contribution in [1.82, 2.24) is 0 Å². The van der Waals surface area contributed by atoms with Gasteiger partial charge in [0.1, 0.15) is 0 Å². The van der Waals surface area contributed by atoms with Gasteiger partial charge < -0.3 is 5.73 Å². The second-order valence-corrected chi connectivity index (χ2v) is 7.54. The van der Waals surface area contributed by atoms with Crippen LogP contribution in [0.15, 0.2) is 18.2 Å². The maximum absolute atomic E-state index is 12.8. The van der Waals surface area contributed by atoms with Crippen molar-refractivity contribution in [2.24, 2.45) is 17.1 Å². The molecular weight excluding hydrogens is 275 g/mol. The van der Waals surface area contributed by atoms with Crippen LogP contribution in [0.4, 0.5) is 13.2 Å². The average molecular weight is 299 g/mol. The second kappa shape index (κ2) is 5.01. The third-order valence-corrected chi connectivity index (χ3v) is 4.50. The molecule has 1 saturated carbocycles. The number of hydrogen-bond acceptors (Lipinski definition) is 1. The lowest BCUT2D eigenvalue weighted by atomic mass is 9.62. The molecule has 1 aromatic carbocycles. The van der Waals surface area contributed by atoms with Gasteiger partial charge in [0.05, 0.1) is 5.56 Å². The van der Waals surface area contributed by atoms with Gasteiger partial charge in [0, 0.05) is 5.54 Å². The van der Waals surface area contributed by atoms with Crippen LogP contribution in [0.25, 0.3) is 0 Å². The van der Waals surface area contributed by atoms with Gasteiger partial charge in [0.15, 0.2) is 0 Å². The van der Waals surface area contributed by atoms with Gasteiger partial charge in [-0.2, -0.15) is 13.2 Å². The summed E-state index contributed by atoms with van der Waals surface area (Å²) in [5.74, 6) is 0.473. The average Bonchev–Trinajstić information content (AvgIpc) is 2.23. The van der Waals surface area contributed by atoms with Crippen LogP contribution in [0.2, 0.25) is 0 Å². The zero-order valence-electron chi connectivity index (χ0n) is 13.1. The van der Waals surface area contributed by atoms with Gasteiger partial charge in [-0.1, -0.05) is 26.8 Å². The van der Waals surface area contributed by atoms with E-state index in [2.05, 4.69) is 20.8 Å². The lowest BCUT2D eigenvalue weighted by Crippen LogP contribution is -2.47. The van der Waals surface area contributed by atoms with Gasteiger partial charge >= 0.3 is 6.18 Å². The summed E-state index contributed by atoms with van der Waals surface area (Å²) < 4.78 is 38.4. The summed E-state index contributed by atoms with van der Waals surface area (Å²) in [4.78, 5) is 0. The van der Waals surface area contributed by atoms with Crippen LogP contribution in [-0.2, 0) is 11.7 Å². The van der Waals surface area contributed by atoms with Crippen molar-refractivity contribution in [3.8, 4) is 0 Å². The van der Waals surface area contributed by atoms with E-state index in [1.165, 1.54) is 6.07 Å². The molecule has 0 aliphatic heterocycles. The van der Waals surface area contributed by atoms with Crippen LogP contribution in [0, 0.1) is 18.3 Å². The van der Waals surface area contributed by atoms with E-state index in [1.54, 1.807) is 13.0 Å². The minimum absolute atomic E-state index is 0.113. The topological polar surface area (TPSA) is 26.0 Å². The molecule has 21 heavy (non-hydrogen) atoms. The molecule has 2 N–H and O–H groups in total. The summed E-state index contributed by atoms with van der Waals surface area (Å²) in [6.07, 6.45) is -1.57. The molecule has 118 valence electrons. The molecule has 2 unspecified atom stereocenters. The normalized spacial score (nSPS) is 29.4. The van der Waals surface area contributed by atoms with Crippen LogP contribution in [-0.4, -0.2) is 0 Å². The van der Waals surface area contributed by atoms with Crippen molar-refractivity contribution in [3.63, 3.8) is 0 Å². The molecule has 1 aromatic rings. The molecule has 0 bridgehead atoms. The Hall–Kier alpha value is -1.03. The quantitative estimate of drug-likeness (QED) is 0.774. The van der Waals surface area contributed by atoms with E-state index >= 15 is 0 Å². The Morgan fingerprint density at radius 2 is 1.81 bits per heavy atom. The van der Waals surface area contributed by atoms with Crippen LogP contribution in [0.5, 0.6) is 0 Å². The first kappa shape index (κ1) is 16.3. The van der Waals surface area contributed by atoms with E-state index in [4.69, 9.17) is 5.73 Å². The molecule has 0 spiro atoms. The molecule has 1 aliphatic rings. The Balaban J connectivity index is 2.41. The van der Waals surface area contributed by atoms with E-state index in [-0.39, 0.29) is 5.41 Å². The SMILES string of the molecule is Cc1cc(C(F)(F)F)ccc1C1(N)CC(C)CC(C)(C)C1. The molecule has 0 aromatic heterocycles. The highest BCUT2D eigenvalue weighted by Gasteiger charge is 2.42. The zero-order valence-corrected chi connectivity index (χ0v) is 13.1. The molecule has 1 nitrogen and oxygen atoms in total. The van der Waals surface area contributed by atoms with Gasteiger partial charge in [0.25, 0.3) is 0 Å². The third-order valence-electron chi connectivity index (χ3n) is 4.50. The fourth-order valence-electron chi connectivity index (χ4n) is 4.24. The molecule has 1 aliphatic carbocycles. The Kier molecular flexibility index (Phi) is 3.90. The largest absolute Gasteiger partial charge is 0.416 e. The van der Waals surface area contributed by atoms with E-state index in [9.17, 15) is 13.2 Å². The molecule has 4 heteroatoms. The fourth-order valence-corrected chi connectivity index (χ4v) is 4.24. The number of halogens is 3. The highest BCUT2D eigenvalue weighted by Crippen LogP contribution is 2.48. The monoisotopic (exact) mass is 299 g/mol. The third kappa shape index (κ3) is 3.42. The van der Waals surface area contributed by atoms with E-state index < -0.39 is 17.3 Å². The summed E-state index contributed by atoms with van der Waals surface area (Å²) in [5.41, 5.74) is 7.10. The summed E-state index contributed by atoms with van der Waals surface area (Å²) in [5, 5.41) is 0. The highest BCUT2D eigenvalue weighted by molar-refractivity contribution is 5.38. The first-order valence-electron chi connectivity index (χ1n) is 7.40. The second-order valence-electron chi connectivity index (χ2n) is 7.54. The number of hydrogen-bond donors (Lipinski definition) is 1. The number of benzene rings is 1. The summed E-state index contributed by atoms with van der Waals surface area (Å²) in [6.45, 7) is 8.26. The molecule has 0 saturated heterocycles. The van der Waals surface area contributed by atoms with Crippen LogP contribution in [0.3, 0.4) is 0 Å². The predicted molar refractivity (Wildman–Crippen MR) is 78.8 cm³/mol. The van der Waals surface area contributed by atoms with Crippen LogP contribution in [0.1, 0.15) is 56.7 Å². The predicted octanol–water partition coefficient (Wildman–Crippen LogP) is 5.01. The minimum atomic E-state index is -4.30. The van der Waals surface area contributed by atoms with Gasteiger partial charge in [-0.3, -0.25) is 0 Å². The first-order valence-corrected chi connectivity index (χ1v) is 7.40. The van der Waals surface area contributed by atoms with Crippen molar-refractivity contribution >= 4 is 0 Å². The van der Waals surface area contributed by atoms with Crippen molar-refractivity contribution in [3.05, 3.63) is 34.9 Å². The highest BCUT2D eigenvalue weighted by atomic mass is 19.4.